The average Bonchev–Trinajstić information content (AvgIpc) is 2.31. The Morgan fingerprint density at radius 3 is 2.35 bits per heavy atom. The molecule has 4 nitrogen and oxygen atoms in total. The molecule has 96 valence electrons. The van der Waals surface area contributed by atoms with Gasteiger partial charge in [-0.05, 0) is 58.8 Å². The van der Waals surface area contributed by atoms with Crippen LogP contribution in [0.4, 0.5) is 0 Å². The van der Waals surface area contributed by atoms with Crippen molar-refractivity contribution in [2.45, 2.75) is 45.6 Å². The number of carbonyl (C=O) groups excluding carboxylic acids is 1. The molecule has 17 heavy (non-hydrogen) atoms. The second-order valence-corrected chi connectivity index (χ2v) is 4.10. The zero-order valence-corrected chi connectivity index (χ0v) is 14.8. The van der Waals surface area contributed by atoms with Crippen molar-refractivity contribution >= 4 is 6.41 Å². The van der Waals surface area contributed by atoms with Crippen molar-refractivity contribution in [2.24, 2.45) is 0 Å². The van der Waals surface area contributed by atoms with E-state index in [4.69, 9.17) is 0 Å². The summed E-state index contributed by atoms with van der Waals surface area (Å²) in [5.41, 5.74) is 0. The van der Waals surface area contributed by atoms with Crippen LogP contribution in [-0.2, 0) is 4.79 Å². The first-order chi connectivity index (χ1) is 7.81. The standard InChI is InChI=1S/C12H26N3O.K/c1-3-12(2)15-10-5-4-7-13-8-6-9-14-11-16;/h12-13,15H,3-10H2,1-2H3,(H,14,16);/q-1;+1. The van der Waals surface area contributed by atoms with E-state index in [2.05, 4.69) is 29.8 Å². The predicted molar refractivity (Wildman–Crippen MR) is 68.2 cm³/mol. The molecule has 3 N–H and O–H groups in total. The summed E-state index contributed by atoms with van der Waals surface area (Å²) in [5.74, 6) is 0. The van der Waals surface area contributed by atoms with Gasteiger partial charge in [0, 0.05) is 6.04 Å². The normalized spacial score (nSPS) is 11.6. The molecule has 1 amide bonds. The van der Waals surface area contributed by atoms with Gasteiger partial charge in [-0.1, -0.05) is 6.92 Å². The van der Waals surface area contributed by atoms with E-state index >= 15 is 0 Å². The van der Waals surface area contributed by atoms with Crippen molar-refractivity contribution in [1.82, 2.24) is 16.0 Å². The van der Waals surface area contributed by atoms with Crippen molar-refractivity contribution in [3.05, 3.63) is 0 Å². The summed E-state index contributed by atoms with van der Waals surface area (Å²) >= 11 is 0. The second kappa shape index (κ2) is 17.0. The van der Waals surface area contributed by atoms with Crippen LogP contribution in [0.2, 0.25) is 0 Å². The maximum Gasteiger partial charge on any atom is 1.00 e. The van der Waals surface area contributed by atoms with E-state index < -0.39 is 0 Å². The molecule has 1 unspecified atom stereocenters. The topological polar surface area (TPSA) is 53.2 Å². The molecule has 0 aliphatic rings. The quantitative estimate of drug-likeness (QED) is 0.163. The summed E-state index contributed by atoms with van der Waals surface area (Å²) in [6.07, 6.45) is 6.26. The maximum absolute atomic E-state index is 9.83. The van der Waals surface area contributed by atoms with Gasteiger partial charge in [-0.3, -0.25) is 0 Å². The van der Waals surface area contributed by atoms with Crippen molar-refractivity contribution < 1.29 is 56.2 Å². The van der Waals surface area contributed by atoms with Crippen molar-refractivity contribution in [3.63, 3.8) is 0 Å². The summed E-state index contributed by atoms with van der Waals surface area (Å²) in [6.45, 7) is 8.27. The smallest absolute Gasteiger partial charge is 0.530 e. The minimum atomic E-state index is 0. The largest absolute Gasteiger partial charge is 1.00 e. The van der Waals surface area contributed by atoms with Crippen LogP contribution in [0.5, 0.6) is 0 Å². The van der Waals surface area contributed by atoms with Gasteiger partial charge in [0.05, 0.1) is 0 Å². The molecular formula is C12H26KN3O. The number of hydrogen-bond donors (Lipinski definition) is 3. The zero-order valence-electron chi connectivity index (χ0n) is 11.6. The fraction of sp³-hybridized carbons (Fsp3) is 0.917. The molecule has 0 aromatic carbocycles. The Kier molecular flexibility index (Phi) is 20.4. The minimum absolute atomic E-state index is 0. The molecule has 0 aromatic heterocycles. The van der Waals surface area contributed by atoms with Gasteiger partial charge >= 0.3 is 51.4 Å². The zero-order chi connectivity index (χ0) is 12.1. The maximum atomic E-state index is 9.83. The number of hydrogen-bond acceptors (Lipinski definition) is 3. The molecule has 0 aliphatic carbocycles. The average molecular weight is 267 g/mol. The van der Waals surface area contributed by atoms with E-state index in [0.717, 1.165) is 26.1 Å². The molecule has 0 aromatic rings. The summed E-state index contributed by atoms with van der Waals surface area (Å²) in [5, 5.41) is 9.34. The van der Waals surface area contributed by atoms with E-state index in [9.17, 15) is 4.79 Å². The van der Waals surface area contributed by atoms with Gasteiger partial charge in [0.2, 0.25) is 0 Å². The second-order valence-electron chi connectivity index (χ2n) is 4.10. The van der Waals surface area contributed by atoms with Gasteiger partial charge in [-0.15, -0.1) is 0 Å². The Balaban J connectivity index is 0. The van der Waals surface area contributed by atoms with E-state index in [1.165, 1.54) is 19.3 Å². The van der Waals surface area contributed by atoms with Gasteiger partial charge in [-0.25, -0.2) is 0 Å². The Labute approximate surface area is 148 Å². The number of rotatable bonds is 12. The molecule has 0 aliphatic heterocycles. The molecule has 0 bridgehead atoms. The van der Waals surface area contributed by atoms with Crippen LogP contribution in [0.3, 0.4) is 0 Å². The van der Waals surface area contributed by atoms with Gasteiger partial charge in [0.1, 0.15) is 0 Å². The summed E-state index contributed by atoms with van der Waals surface area (Å²) in [6, 6.07) is 0.638. The third-order valence-electron chi connectivity index (χ3n) is 2.61. The molecule has 0 spiro atoms. The molecule has 0 radical (unpaired) electrons. The Hall–Kier alpha value is 1.03. The molecular weight excluding hydrogens is 241 g/mol. The first-order valence-electron chi connectivity index (χ1n) is 6.35. The molecule has 0 saturated heterocycles. The SMILES string of the molecule is CCC(C)NCCCCNCCCN[C-]=O.[K+]. The van der Waals surface area contributed by atoms with Crippen LogP contribution in [0.15, 0.2) is 0 Å². The first-order valence-corrected chi connectivity index (χ1v) is 6.35. The first kappa shape index (κ1) is 20.3. The van der Waals surface area contributed by atoms with Gasteiger partial charge < -0.3 is 20.7 Å². The van der Waals surface area contributed by atoms with Crippen LogP contribution in [-0.4, -0.2) is 38.6 Å². The van der Waals surface area contributed by atoms with Crippen LogP contribution in [0, 0.1) is 0 Å². The van der Waals surface area contributed by atoms with Crippen LogP contribution >= 0.6 is 0 Å². The van der Waals surface area contributed by atoms with Crippen LogP contribution in [0.25, 0.3) is 0 Å². The third kappa shape index (κ3) is 17.0. The molecule has 0 fully saturated rings. The van der Waals surface area contributed by atoms with E-state index in [1.807, 2.05) is 0 Å². The Bertz CT molecular complexity index is 159. The van der Waals surface area contributed by atoms with Crippen molar-refractivity contribution in [3.8, 4) is 0 Å². The molecule has 0 saturated carbocycles. The fourth-order valence-corrected chi connectivity index (χ4v) is 1.35. The fourth-order valence-electron chi connectivity index (χ4n) is 1.35. The number of unbranched alkanes of at least 4 members (excludes halogenated alkanes) is 1. The monoisotopic (exact) mass is 267 g/mol. The molecule has 0 heterocycles. The van der Waals surface area contributed by atoms with Crippen LogP contribution in [0.1, 0.15) is 39.5 Å². The number of amides is 1. The molecule has 0 rings (SSSR count). The number of nitrogens with one attached hydrogen (secondary N) is 3. The summed E-state index contributed by atoms with van der Waals surface area (Å²) in [4.78, 5) is 9.83. The third-order valence-corrected chi connectivity index (χ3v) is 2.61. The van der Waals surface area contributed by atoms with Gasteiger partial charge in [0.15, 0.2) is 0 Å². The Morgan fingerprint density at radius 1 is 1.06 bits per heavy atom. The van der Waals surface area contributed by atoms with Crippen molar-refractivity contribution in [1.29, 1.82) is 0 Å². The predicted octanol–water partition coefficient (Wildman–Crippen LogP) is -2.20. The van der Waals surface area contributed by atoms with Crippen molar-refractivity contribution in [2.75, 3.05) is 26.2 Å². The van der Waals surface area contributed by atoms with E-state index in [0.29, 0.717) is 12.6 Å². The molecule has 5 heteroatoms. The van der Waals surface area contributed by atoms with Gasteiger partial charge in [-0.2, -0.15) is 6.41 Å². The van der Waals surface area contributed by atoms with Gasteiger partial charge in [0.25, 0.3) is 0 Å². The van der Waals surface area contributed by atoms with E-state index in [-0.39, 0.29) is 51.4 Å². The Morgan fingerprint density at radius 2 is 1.71 bits per heavy atom. The molecule has 1 atom stereocenters. The summed E-state index contributed by atoms with van der Waals surface area (Å²) in [7, 11) is 0. The summed E-state index contributed by atoms with van der Waals surface area (Å²) < 4.78 is 0. The minimum Gasteiger partial charge on any atom is -0.530 e. The van der Waals surface area contributed by atoms with E-state index in [1.54, 1.807) is 6.41 Å². The van der Waals surface area contributed by atoms with Crippen LogP contribution < -0.4 is 67.3 Å².